The average molecular weight is 380 g/mol. The van der Waals surface area contributed by atoms with Crippen molar-refractivity contribution in [1.29, 1.82) is 0 Å². The fourth-order valence-corrected chi connectivity index (χ4v) is 3.39. The van der Waals surface area contributed by atoms with Crippen molar-refractivity contribution in [3.63, 3.8) is 0 Å². The smallest absolute Gasteiger partial charge is 0.348 e. The Morgan fingerprint density at radius 2 is 1.88 bits per heavy atom. The predicted molar refractivity (Wildman–Crippen MR) is 99.7 cm³/mol. The number of nitrogens with zero attached hydrogens (tertiary/aromatic N) is 2. The summed E-state index contributed by atoms with van der Waals surface area (Å²) in [6, 6.07) is -0.809. The van der Waals surface area contributed by atoms with Crippen molar-refractivity contribution in [2.75, 3.05) is 0 Å². The highest BCUT2D eigenvalue weighted by Crippen LogP contribution is 2.28. The van der Waals surface area contributed by atoms with Crippen molar-refractivity contribution >= 4 is 33.5 Å². The van der Waals surface area contributed by atoms with Gasteiger partial charge in [0, 0.05) is 0 Å². The highest BCUT2D eigenvalue weighted by atomic mass is 32.1. The van der Waals surface area contributed by atoms with Crippen LogP contribution < -0.4 is 5.56 Å². The first-order chi connectivity index (χ1) is 12.2. The number of carbonyl (C=O) groups excluding carboxylic acids is 2. The Hall–Kier alpha value is -2.22. The van der Waals surface area contributed by atoms with E-state index in [1.54, 1.807) is 27.7 Å². The van der Waals surface area contributed by atoms with Crippen LogP contribution in [0.5, 0.6) is 0 Å². The maximum absolute atomic E-state index is 12.9. The molecule has 0 amide bonds. The van der Waals surface area contributed by atoms with Crippen LogP contribution >= 0.6 is 11.3 Å². The van der Waals surface area contributed by atoms with Crippen molar-refractivity contribution in [3.05, 3.63) is 27.1 Å². The molecule has 8 heteroatoms. The van der Waals surface area contributed by atoms with Gasteiger partial charge < -0.3 is 9.47 Å². The monoisotopic (exact) mass is 380 g/mol. The summed E-state index contributed by atoms with van der Waals surface area (Å²) in [5.74, 6) is -0.967. The molecule has 0 aromatic carbocycles. The molecule has 0 aliphatic rings. The molecule has 0 bridgehead atoms. The van der Waals surface area contributed by atoms with E-state index >= 15 is 0 Å². The molecule has 0 spiro atoms. The highest BCUT2D eigenvalue weighted by molar-refractivity contribution is 7.20. The summed E-state index contributed by atoms with van der Waals surface area (Å²) in [7, 11) is 0. The van der Waals surface area contributed by atoms with E-state index in [9.17, 15) is 14.4 Å². The number of thiophene rings is 1. The lowest BCUT2D eigenvalue weighted by molar-refractivity contribution is -0.151. The summed E-state index contributed by atoms with van der Waals surface area (Å²) in [4.78, 5) is 42.4. The number of aromatic nitrogens is 2. The fourth-order valence-electron chi connectivity index (χ4n) is 2.37. The van der Waals surface area contributed by atoms with E-state index in [4.69, 9.17) is 9.47 Å². The van der Waals surface area contributed by atoms with Crippen molar-refractivity contribution in [2.24, 2.45) is 0 Å². The van der Waals surface area contributed by atoms with Crippen LogP contribution in [0.3, 0.4) is 0 Å². The lowest BCUT2D eigenvalue weighted by atomic mass is 10.2. The molecule has 0 N–H and O–H groups in total. The molecule has 0 saturated heterocycles. The van der Waals surface area contributed by atoms with E-state index in [0.29, 0.717) is 27.1 Å². The molecule has 142 valence electrons. The van der Waals surface area contributed by atoms with E-state index in [0.717, 1.165) is 11.3 Å². The largest absolute Gasteiger partial charge is 0.461 e. The second-order valence-corrected chi connectivity index (χ2v) is 7.48. The third-order valence-corrected chi connectivity index (χ3v) is 5.23. The maximum atomic E-state index is 12.9. The van der Waals surface area contributed by atoms with Crippen LogP contribution in [0.25, 0.3) is 10.2 Å². The normalized spacial score (nSPS) is 13.7. The van der Waals surface area contributed by atoms with Crippen LogP contribution in [0.4, 0.5) is 0 Å². The summed E-state index contributed by atoms with van der Waals surface area (Å²) < 4.78 is 11.8. The van der Waals surface area contributed by atoms with Crippen LogP contribution in [-0.2, 0) is 14.3 Å². The van der Waals surface area contributed by atoms with Gasteiger partial charge in [0.15, 0.2) is 0 Å². The first kappa shape index (κ1) is 20.1. The first-order valence-electron chi connectivity index (χ1n) is 8.59. The van der Waals surface area contributed by atoms with Gasteiger partial charge in [0.05, 0.1) is 23.9 Å². The molecule has 7 nitrogen and oxygen atoms in total. The van der Waals surface area contributed by atoms with Crippen molar-refractivity contribution < 1.29 is 19.1 Å². The number of ether oxygens (including phenoxy) is 2. The molecule has 0 saturated carbocycles. The molecule has 2 aromatic rings. The Labute approximate surface area is 155 Å². The zero-order valence-corrected chi connectivity index (χ0v) is 16.7. The summed E-state index contributed by atoms with van der Waals surface area (Å²) in [5, 5.41) is 0.331. The van der Waals surface area contributed by atoms with Crippen LogP contribution in [0.15, 0.2) is 11.1 Å². The summed E-state index contributed by atoms with van der Waals surface area (Å²) in [6.45, 7) is 10.5. The van der Waals surface area contributed by atoms with E-state index in [-0.39, 0.29) is 17.8 Å². The lowest BCUT2D eigenvalue weighted by Crippen LogP contribution is -2.30. The van der Waals surface area contributed by atoms with Crippen LogP contribution in [0, 0.1) is 6.92 Å². The Morgan fingerprint density at radius 1 is 1.23 bits per heavy atom. The van der Waals surface area contributed by atoms with E-state index < -0.39 is 18.0 Å². The highest BCUT2D eigenvalue weighted by Gasteiger charge is 2.25. The zero-order valence-electron chi connectivity index (χ0n) is 15.9. The van der Waals surface area contributed by atoms with Gasteiger partial charge in [-0.2, -0.15) is 0 Å². The van der Waals surface area contributed by atoms with Crippen molar-refractivity contribution in [3.8, 4) is 0 Å². The van der Waals surface area contributed by atoms with Gasteiger partial charge in [-0.15, -0.1) is 11.3 Å². The number of rotatable bonds is 6. The summed E-state index contributed by atoms with van der Waals surface area (Å²) in [6.07, 6.45) is 1.54. The number of fused-ring (bicyclic) bond motifs is 1. The first-order valence-corrected chi connectivity index (χ1v) is 9.40. The second-order valence-electron chi connectivity index (χ2n) is 6.48. The van der Waals surface area contributed by atoms with E-state index in [2.05, 4.69) is 4.98 Å². The SMILES string of the molecule is CCC(C)OC(=O)c1sc2ncn(C(C)C(=O)OC(C)C)c(=O)c2c1C. The molecule has 0 radical (unpaired) electrons. The van der Waals surface area contributed by atoms with Gasteiger partial charge in [-0.05, 0) is 46.6 Å². The lowest BCUT2D eigenvalue weighted by Gasteiger charge is -2.15. The molecule has 0 aliphatic heterocycles. The third-order valence-electron chi connectivity index (χ3n) is 4.05. The number of aryl methyl sites for hydroxylation is 1. The Kier molecular flexibility index (Phi) is 6.17. The fraction of sp³-hybridized carbons (Fsp3) is 0.556. The van der Waals surface area contributed by atoms with Crippen LogP contribution in [-0.4, -0.2) is 33.7 Å². The number of esters is 2. The minimum Gasteiger partial charge on any atom is -0.461 e. The molecular weight excluding hydrogens is 356 g/mol. The molecule has 2 heterocycles. The predicted octanol–water partition coefficient (Wildman–Crippen LogP) is 3.23. The van der Waals surface area contributed by atoms with Gasteiger partial charge in [-0.25, -0.2) is 14.6 Å². The average Bonchev–Trinajstić information content (AvgIpc) is 2.91. The van der Waals surface area contributed by atoms with E-state index in [1.807, 2.05) is 13.8 Å². The van der Waals surface area contributed by atoms with Gasteiger partial charge >= 0.3 is 11.9 Å². The van der Waals surface area contributed by atoms with Crippen LogP contribution in [0.1, 0.15) is 62.3 Å². The zero-order chi connectivity index (χ0) is 19.6. The topological polar surface area (TPSA) is 87.5 Å². The molecule has 0 aliphatic carbocycles. The van der Waals surface area contributed by atoms with Gasteiger partial charge in [0.1, 0.15) is 15.7 Å². The maximum Gasteiger partial charge on any atom is 0.348 e. The minimum absolute atomic E-state index is 0.206. The Morgan fingerprint density at radius 3 is 2.46 bits per heavy atom. The van der Waals surface area contributed by atoms with Crippen LogP contribution in [0.2, 0.25) is 0 Å². The van der Waals surface area contributed by atoms with Crippen molar-refractivity contribution in [1.82, 2.24) is 9.55 Å². The molecule has 2 unspecified atom stereocenters. The second kappa shape index (κ2) is 7.99. The van der Waals surface area contributed by atoms with Gasteiger partial charge in [0.2, 0.25) is 0 Å². The van der Waals surface area contributed by atoms with Gasteiger partial charge in [0.25, 0.3) is 5.56 Å². The van der Waals surface area contributed by atoms with Crippen molar-refractivity contribution in [2.45, 2.75) is 66.2 Å². The number of hydrogen-bond acceptors (Lipinski definition) is 7. The number of hydrogen-bond donors (Lipinski definition) is 0. The van der Waals surface area contributed by atoms with E-state index in [1.165, 1.54) is 10.9 Å². The van der Waals surface area contributed by atoms with Gasteiger partial charge in [-0.1, -0.05) is 6.92 Å². The Balaban J connectivity index is 2.46. The molecule has 26 heavy (non-hydrogen) atoms. The summed E-state index contributed by atoms with van der Waals surface area (Å²) in [5.41, 5.74) is 0.147. The molecule has 2 rings (SSSR count). The standard InChI is InChI=1S/C18H24N2O5S/c1-7-10(4)25-18(23)14-11(5)13-15(26-14)19-8-20(16(13)21)12(6)17(22)24-9(2)3/h8-10,12H,7H2,1-6H3. The quantitative estimate of drug-likeness (QED) is 0.715. The molecule has 2 aromatic heterocycles. The Bertz CT molecular complexity index is 884. The molecule has 0 fully saturated rings. The molecule has 2 atom stereocenters. The molecular formula is C18H24N2O5S. The minimum atomic E-state index is -0.809. The third kappa shape index (κ3) is 3.95. The van der Waals surface area contributed by atoms with Gasteiger partial charge in [-0.3, -0.25) is 9.36 Å². The number of carbonyl (C=O) groups is 2. The summed E-state index contributed by atoms with van der Waals surface area (Å²) >= 11 is 1.12.